The molecule has 3 nitrogen and oxygen atoms in total. The van der Waals surface area contributed by atoms with Crippen LogP contribution < -0.4 is 0 Å². The fraction of sp³-hybridized carbons (Fsp3) is 0.143. The minimum Gasteiger partial charge on any atom is -0.455 e. The first-order valence-electron chi connectivity index (χ1n) is 10.7. The predicted molar refractivity (Wildman–Crippen MR) is 129 cm³/mol. The summed E-state index contributed by atoms with van der Waals surface area (Å²) in [6.07, 6.45) is 0. The molecule has 0 radical (unpaired) electrons. The smallest absolute Gasteiger partial charge is 0.163 e. The highest BCUT2D eigenvalue weighted by Gasteiger charge is 2.28. The molecule has 150 valence electrons. The lowest BCUT2D eigenvalue weighted by Crippen LogP contribution is -2.21. The summed E-state index contributed by atoms with van der Waals surface area (Å²) in [5.74, 6) is 0. The van der Waals surface area contributed by atoms with Gasteiger partial charge in [-0.2, -0.15) is 0 Å². The van der Waals surface area contributed by atoms with Gasteiger partial charge < -0.3 is 13.4 Å². The third-order valence-corrected chi connectivity index (χ3v) is 6.43. The Bertz CT molecular complexity index is 1820. The molecule has 0 saturated carbocycles. The number of para-hydroxylation sites is 3. The van der Waals surface area contributed by atoms with Crippen LogP contribution in [0.5, 0.6) is 0 Å². The first-order valence-corrected chi connectivity index (χ1v) is 10.7. The molecule has 4 aromatic carbocycles. The second-order valence-electron chi connectivity index (χ2n) is 9.35. The Labute approximate surface area is 178 Å². The maximum absolute atomic E-state index is 6.55. The van der Waals surface area contributed by atoms with Crippen LogP contribution >= 0.6 is 0 Å². The van der Waals surface area contributed by atoms with E-state index in [1.807, 2.05) is 18.2 Å². The minimum atomic E-state index is -0.125. The first-order chi connectivity index (χ1) is 15.0. The molecule has 0 atom stereocenters. The van der Waals surface area contributed by atoms with Crippen molar-refractivity contribution in [1.29, 1.82) is 0 Å². The number of furan rings is 2. The Morgan fingerprint density at radius 1 is 0.581 bits per heavy atom. The van der Waals surface area contributed by atoms with Crippen molar-refractivity contribution in [3.05, 3.63) is 72.8 Å². The zero-order chi connectivity index (χ0) is 20.9. The van der Waals surface area contributed by atoms with Gasteiger partial charge in [-0.1, -0.05) is 54.6 Å². The molecule has 0 spiro atoms. The van der Waals surface area contributed by atoms with Crippen LogP contribution in [0.4, 0.5) is 0 Å². The number of rotatable bonds is 0. The molecule has 0 aliphatic carbocycles. The van der Waals surface area contributed by atoms with E-state index in [0.29, 0.717) is 0 Å². The Morgan fingerprint density at radius 3 is 1.81 bits per heavy atom. The normalized spacial score (nSPS) is 13.0. The largest absolute Gasteiger partial charge is 0.455 e. The van der Waals surface area contributed by atoms with Gasteiger partial charge in [-0.15, -0.1) is 0 Å². The van der Waals surface area contributed by atoms with Gasteiger partial charge >= 0.3 is 0 Å². The van der Waals surface area contributed by atoms with Gasteiger partial charge in [-0.3, -0.25) is 0 Å². The van der Waals surface area contributed by atoms with E-state index >= 15 is 0 Å². The van der Waals surface area contributed by atoms with Crippen molar-refractivity contribution >= 4 is 65.7 Å². The van der Waals surface area contributed by atoms with E-state index in [1.54, 1.807) is 0 Å². The molecule has 0 saturated heterocycles. The number of aromatic nitrogens is 1. The van der Waals surface area contributed by atoms with Crippen molar-refractivity contribution in [3.8, 4) is 0 Å². The minimum absolute atomic E-state index is 0.125. The molecule has 0 unspecified atom stereocenters. The monoisotopic (exact) mass is 403 g/mol. The molecule has 0 amide bonds. The molecular weight excluding hydrogens is 382 g/mol. The maximum atomic E-state index is 6.55. The Kier molecular flexibility index (Phi) is 3.02. The zero-order valence-corrected chi connectivity index (χ0v) is 17.7. The van der Waals surface area contributed by atoms with E-state index in [4.69, 9.17) is 8.83 Å². The standard InChI is InChI=1S/C28H21NO2/c1-28(2,3)29-19-13-7-4-10-16(19)22-23-17-11-5-8-14-20(17)30-26(23)24-18-12-6-9-15-21(18)31-27(24)25(22)29/h4-15H,1-3H3. The number of nitrogens with zero attached hydrogens (tertiary/aromatic N) is 1. The van der Waals surface area contributed by atoms with Gasteiger partial charge in [0.25, 0.3) is 0 Å². The van der Waals surface area contributed by atoms with Crippen LogP contribution in [0.2, 0.25) is 0 Å². The average molecular weight is 403 g/mol. The van der Waals surface area contributed by atoms with Gasteiger partial charge in [0.2, 0.25) is 0 Å². The van der Waals surface area contributed by atoms with Crippen molar-refractivity contribution in [1.82, 2.24) is 4.57 Å². The molecule has 3 heteroatoms. The number of hydrogen-bond donors (Lipinski definition) is 0. The average Bonchev–Trinajstić information content (AvgIpc) is 3.42. The number of hydrogen-bond acceptors (Lipinski definition) is 2. The summed E-state index contributed by atoms with van der Waals surface area (Å²) < 4.78 is 15.5. The lowest BCUT2D eigenvalue weighted by atomic mass is 10.0. The topological polar surface area (TPSA) is 31.2 Å². The van der Waals surface area contributed by atoms with Crippen molar-refractivity contribution in [2.45, 2.75) is 26.3 Å². The highest BCUT2D eigenvalue weighted by Crippen LogP contribution is 2.48. The Morgan fingerprint density at radius 2 is 1.13 bits per heavy atom. The molecular formula is C28H21NO2. The van der Waals surface area contributed by atoms with Gasteiger partial charge in [-0.25, -0.2) is 0 Å². The fourth-order valence-corrected chi connectivity index (χ4v) is 5.31. The van der Waals surface area contributed by atoms with Crippen molar-refractivity contribution in [3.63, 3.8) is 0 Å². The molecule has 3 aromatic heterocycles. The summed E-state index contributed by atoms with van der Waals surface area (Å²) in [5, 5.41) is 6.90. The highest BCUT2D eigenvalue weighted by atomic mass is 16.3. The van der Waals surface area contributed by atoms with E-state index in [2.05, 4.69) is 79.9 Å². The van der Waals surface area contributed by atoms with E-state index < -0.39 is 0 Å². The SMILES string of the molecule is CC(C)(C)n1c2ccccc2c2c3c4ccccc4oc3c3c4ccccc4oc3c21. The first kappa shape index (κ1) is 17.0. The Balaban J connectivity index is 1.96. The van der Waals surface area contributed by atoms with E-state index in [1.165, 1.54) is 21.7 Å². The van der Waals surface area contributed by atoms with Crippen LogP contribution in [0.1, 0.15) is 20.8 Å². The van der Waals surface area contributed by atoms with E-state index in [9.17, 15) is 0 Å². The maximum Gasteiger partial charge on any atom is 0.163 e. The number of fused-ring (bicyclic) bond motifs is 12. The van der Waals surface area contributed by atoms with Gasteiger partial charge in [0.15, 0.2) is 5.58 Å². The lowest BCUT2D eigenvalue weighted by Gasteiger charge is -2.24. The van der Waals surface area contributed by atoms with Crippen LogP contribution in [0, 0.1) is 0 Å². The molecule has 3 heterocycles. The van der Waals surface area contributed by atoms with Gasteiger partial charge in [-0.05, 0) is 39.0 Å². The van der Waals surface area contributed by atoms with E-state index in [0.717, 1.165) is 44.0 Å². The van der Waals surface area contributed by atoms with Crippen LogP contribution in [0.3, 0.4) is 0 Å². The summed E-state index contributed by atoms with van der Waals surface area (Å²) in [6, 6.07) is 25.3. The van der Waals surface area contributed by atoms with Crippen LogP contribution in [0.15, 0.2) is 81.6 Å². The molecule has 7 aromatic rings. The molecule has 0 fully saturated rings. The van der Waals surface area contributed by atoms with Gasteiger partial charge in [0.05, 0.1) is 10.9 Å². The van der Waals surface area contributed by atoms with E-state index in [-0.39, 0.29) is 5.54 Å². The van der Waals surface area contributed by atoms with Crippen molar-refractivity contribution in [2.24, 2.45) is 0 Å². The highest BCUT2D eigenvalue weighted by molar-refractivity contribution is 6.37. The quantitative estimate of drug-likeness (QED) is 0.255. The molecule has 31 heavy (non-hydrogen) atoms. The third kappa shape index (κ3) is 2.03. The van der Waals surface area contributed by atoms with Crippen LogP contribution in [-0.4, -0.2) is 4.57 Å². The molecule has 7 rings (SSSR count). The van der Waals surface area contributed by atoms with Crippen molar-refractivity contribution < 1.29 is 8.83 Å². The van der Waals surface area contributed by atoms with Gasteiger partial charge in [0, 0.05) is 38.0 Å². The van der Waals surface area contributed by atoms with Gasteiger partial charge in [0.1, 0.15) is 16.7 Å². The Hall–Kier alpha value is -3.72. The summed E-state index contributed by atoms with van der Waals surface area (Å²) in [6.45, 7) is 6.77. The molecule has 0 N–H and O–H groups in total. The second kappa shape index (κ2) is 5.50. The van der Waals surface area contributed by atoms with Crippen LogP contribution in [-0.2, 0) is 5.54 Å². The number of benzene rings is 4. The molecule has 0 aliphatic rings. The fourth-order valence-electron chi connectivity index (χ4n) is 5.31. The zero-order valence-electron chi connectivity index (χ0n) is 17.7. The molecule has 0 aliphatic heterocycles. The summed E-state index contributed by atoms with van der Waals surface area (Å²) in [7, 11) is 0. The van der Waals surface area contributed by atoms with Crippen molar-refractivity contribution in [2.75, 3.05) is 0 Å². The molecule has 0 bridgehead atoms. The van der Waals surface area contributed by atoms with Crippen LogP contribution in [0.25, 0.3) is 65.7 Å². The summed E-state index contributed by atoms with van der Waals surface area (Å²) >= 11 is 0. The third-order valence-electron chi connectivity index (χ3n) is 6.43. The summed E-state index contributed by atoms with van der Waals surface area (Å²) in [5.41, 5.74) is 5.82. The predicted octanol–water partition coefficient (Wildman–Crippen LogP) is 8.35. The lowest BCUT2D eigenvalue weighted by molar-refractivity contribution is 0.423. The second-order valence-corrected chi connectivity index (χ2v) is 9.35. The summed E-state index contributed by atoms with van der Waals surface area (Å²) in [4.78, 5) is 0.